The molecule has 0 fully saturated rings. The Morgan fingerprint density at radius 3 is 2.64 bits per heavy atom. The normalized spacial score (nSPS) is 13.5. The molecule has 0 spiro atoms. The summed E-state index contributed by atoms with van der Waals surface area (Å²) in [5.41, 5.74) is 4.61. The Bertz CT molecular complexity index is 917. The maximum atomic E-state index is 12.3. The van der Waals surface area contributed by atoms with Crippen molar-refractivity contribution in [3.05, 3.63) is 59.9 Å². The zero-order valence-corrected chi connectivity index (χ0v) is 15.7. The standard InChI is InChI=1S/C20H21N3OS/c1-14-7-5-8-15-11-17(13-22-25(24)20(2,3)4)19(23-18(14)15)16-9-6-10-21-12-16/h5-13H,1-4H3. The number of aromatic nitrogens is 2. The van der Waals surface area contributed by atoms with E-state index in [9.17, 15) is 4.55 Å². The van der Waals surface area contributed by atoms with Gasteiger partial charge in [-0.3, -0.25) is 4.98 Å². The van der Waals surface area contributed by atoms with E-state index in [1.54, 1.807) is 18.6 Å². The zero-order valence-electron chi connectivity index (χ0n) is 14.9. The highest BCUT2D eigenvalue weighted by atomic mass is 32.2. The van der Waals surface area contributed by atoms with Crippen LogP contribution in [0.5, 0.6) is 0 Å². The third-order valence-corrected chi connectivity index (χ3v) is 5.17. The van der Waals surface area contributed by atoms with Gasteiger partial charge in [0.2, 0.25) is 0 Å². The number of aryl methyl sites for hydroxylation is 1. The Hall–Kier alpha value is -2.24. The van der Waals surface area contributed by atoms with Gasteiger partial charge in [0.25, 0.3) is 0 Å². The van der Waals surface area contributed by atoms with E-state index >= 15 is 0 Å². The van der Waals surface area contributed by atoms with Crippen LogP contribution in [0.25, 0.3) is 22.2 Å². The van der Waals surface area contributed by atoms with E-state index in [-0.39, 0.29) is 0 Å². The molecule has 0 saturated carbocycles. The lowest BCUT2D eigenvalue weighted by Crippen LogP contribution is -2.25. The molecule has 4 nitrogen and oxygen atoms in total. The van der Waals surface area contributed by atoms with Gasteiger partial charge in [0, 0.05) is 28.9 Å². The van der Waals surface area contributed by atoms with Gasteiger partial charge in [-0.15, -0.1) is 0 Å². The quantitative estimate of drug-likeness (QED) is 0.516. The SMILES string of the molecule is Cc1cccc2cc(C=N[S+]([O-])C(C)(C)C)c(-c3cccnc3)nc12. The second-order valence-corrected chi connectivity index (χ2v) is 8.84. The molecule has 128 valence electrons. The van der Waals surface area contributed by atoms with Crippen LogP contribution in [0.4, 0.5) is 0 Å². The Balaban J connectivity index is 2.17. The fraction of sp³-hybridized carbons (Fsp3) is 0.250. The van der Waals surface area contributed by atoms with Crippen molar-refractivity contribution in [2.75, 3.05) is 0 Å². The summed E-state index contributed by atoms with van der Waals surface area (Å²) in [6, 6.07) is 12.0. The highest BCUT2D eigenvalue weighted by Gasteiger charge is 2.26. The van der Waals surface area contributed by atoms with Crippen LogP contribution >= 0.6 is 0 Å². The zero-order chi connectivity index (χ0) is 18.0. The fourth-order valence-corrected chi connectivity index (χ4v) is 2.98. The average molecular weight is 351 g/mol. The molecule has 1 atom stereocenters. The van der Waals surface area contributed by atoms with Gasteiger partial charge < -0.3 is 4.55 Å². The van der Waals surface area contributed by atoms with Crippen LogP contribution in [-0.4, -0.2) is 25.5 Å². The summed E-state index contributed by atoms with van der Waals surface area (Å²) in [7, 11) is 0. The van der Waals surface area contributed by atoms with Gasteiger partial charge in [0.05, 0.1) is 17.4 Å². The first kappa shape index (κ1) is 17.6. The van der Waals surface area contributed by atoms with Crippen LogP contribution in [0.1, 0.15) is 31.9 Å². The minimum absolute atomic E-state index is 0.397. The number of benzene rings is 1. The predicted octanol–water partition coefficient (Wildman–Crippen LogP) is 4.49. The number of pyridine rings is 2. The van der Waals surface area contributed by atoms with Crippen molar-refractivity contribution in [1.82, 2.24) is 9.97 Å². The number of rotatable bonds is 3. The lowest BCUT2D eigenvalue weighted by atomic mass is 10.0. The molecule has 0 aliphatic rings. The van der Waals surface area contributed by atoms with E-state index < -0.39 is 16.1 Å². The van der Waals surface area contributed by atoms with Crippen molar-refractivity contribution in [3.63, 3.8) is 0 Å². The molecule has 2 heterocycles. The molecule has 0 amide bonds. The maximum absolute atomic E-state index is 12.3. The second-order valence-electron chi connectivity index (χ2n) is 6.91. The monoisotopic (exact) mass is 351 g/mol. The lowest BCUT2D eigenvalue weighted by molar-refractivity contribution is 0.562. The third kappa shape index (κ3) is 3.89. The van der Waals surface area contributed by atoms with Crippen molar-refractivity contribution in [1.29, 1.82) is 0 Å². The number of nitrogens with zero attached hydrogens (tertiary/aromatic N) is 3. The van der Waals surface area contributed by atoms with Crippen LogP contribution < -0.4 is 0 Å². The summed E-state index contributed by atoms with van der Waals surface area (Å²) < 4.78 is 16.2. The molecule has 0 bridgehead atoms. The van der Waals surface area contributed by atoms with Gasteiger partial charge in [0.15, 0.2) is 0 Å². The second kappa shape index (κ2) is 6.94. The van der Waals surface area contributed by atoms with E-state index in [1.807, 2.05) is 64.1 Å². The molecule has 3 rings (SSSR count). The van der Waals surface area contributed by atoms with E-state index in [0.29, 0.717) is 0 Å². The molecule has 1 aromatic carbocycles. The van der Waals surface area contributed by atoms with Crippen molar-refractivity contribution >= 4 is 28.5 Å². The van der Waals surface area contributed by atoms with Crippen LogP contribution in [-0.2, 0) is 11.4 Å². The number of hydrogen-bond donors (Lipinski definition) is 0. The fourth-order valence-electron chi connectivity index (χ4n) is 2.46. The number of para-hydroxylation sites is 1. The Kier molecular flexibility index (Phi) is 4.88. The summed E-state index contributed by atoms with van der Waals surface area (Å²) >= 11 is -1.31. The molecule has 25 heavy (non-hydrogen) atoms. The average Bonchev–Trinajstić information content (AvgIpc) is 2.59. The smallest absolute Gasteiger partial charge is 0.144 e. The molecular formula is C20H21N3OS. The van der Waals surface area contributed by atoms with E-state index in [1.165, 1.54) is 0 Å². The van der Waals surface area contributed by atoms with Crippen molar-refractivity contribution in [3.8, 4) is 11.3 Å². The topological polar surface area (TPSA) is 61.2 Å². The summed E-state index contributed by atoms with van der Waals surface area (Å²) in [6.07, 6.45) is 5.18. The Morgan fingerprint density at radius 2 is 1.96 bits per heavy atom. The summed E-state index contributed by atoms with van der Waals surface area (Å²) in [4.78, 5) is 9.05. The number of fused-ring (bicyclic) bond motifs is 1. The Morgan fingerprint density at radius 1 is 1.16 bits per heavy atom. The van der Waals surface area contributed by atoms with Crippen LogP contribution in [0.2, 0.25) is 0 Å². The van der Waals surface area contributed by atoms with Gasteiger partial charge in [-0.25, -0.2) is 4.98 Å². The van der Waals surface area contributed by atoms with Gasteiger partial charge in [-0.05, 0) is 51.5 Å². The molecule has 0 aliphatic heterocycles. The van der Waals surface area contributed by atoms with Crippen molar-refractivity contribution in [2.24, 2.45) is 4.40 Å². The molecule has 3 aromatic rings. The molecule has 0 aliphatic carbocycles. The van der Waals surface area contributed by atoms with E-state index in [2.05, 4.69) is 9.38 Å². The van der Waals surface area contributed by atoms with Crippen molar-refractivity contribution < 1.29 is 4.55 Å². The predicted molar refractivity (Wildman–Crippen MR) is 105 cm³/mol. The van der Waals surface area contributed by atoms with Crippen molar-refractivity contribution in [2.45, 2.75) is 32.4 Å². The highest BCUT2D eigenvalue weighted by Crippen LogP contribution is 2.26. The molecule has 1 unspecified atom stereocenters. The summed E-state index contributed by atoms with van der Waals surface area (Å²) in [5, 5.41) is 1.04. The Labute approximate surface area is 151 Å². The van der Waals surface area contributed by atoms with Gasteiger partial charge >= 0.3 is 0 Å². The minimum Gasteiger partial charge on any atom is -0.591 e. The summed E-state index contributed by atoms with van der Waals surface area (Å²) in [5.74, 6) is 0. The summed E-state index contributed by atoms with van der Waals surface area (Å²) in [6.45, 7) is 7.77. The maximum Gasteiger partial charge on any atom is 0.144 e. The van der Waals surface area contributed by atoms with Crippen LogP contribution in [0, 0.1) is 6.92 Å². The molecule has 5 heteroatoms. The lowest BCUT2D eigenvalue weighted by Gasteiger charge is -2.18. The largest absolute Gasteiger partial charge is 0.591 e. The van der Waals surface area contributed by atoms with Crippen LogP contribution in [0.15, 0.2) is 53.2 Å². The van der Waals surface area contributed by atoms with E-state index in [0.717, 1.165) is 33.3 Å². The van der Waals surface area contributed by atoms with Gasteiger partial charge in [-0.1, -0.05) is 22.6 Å². The molecule has 0 saturated heterocycles. The first-order valence-electron chi connectivity index (χ1n) is 8.13. The highest BCUT2D eigenvalue weighted by molar-refractivity contribution is 7.91. The number of hydrogen-bond acceptors (Lipinski definition) is 4. The molecule has 0 N–H and O–H groups in total. The van der Waals surface area contributed by atoms with Gasteiger partial charge in [0.1, 0.15) is 16.1 Å². The van der Waals surface area contributed by atoms with Crippen LogP contribution in [0.3, 0.4) is 0 Å². The van der Waals surface area contributed by atoms with Gasteiger partial charge in [-0.2, -0.15) is 0 Å². The molecule has 2 aromatic heterocycles. The first-order valence-corrected chi connectivity index (χ1v) is 9.24. The third-order valence-electron chi connectivity index (χ3n) is 3.82. The minimum atomic E-state index is -1.31. The first-order chi connectivity index (χ1) is 11.9. The van der Waals surface area contributed by atoms with E-state index in [4.69, 9.17) is 4.98 Å². The molecule has 0 radical (unpaired) electrons. The molecular weight excluding hydrogens is 330 g/mol.